The molecule has 0 spiro atoms. The van der Waals surface area contributed by atoms with Gasteiger partial charge in [-0.1, -0.05) is 24.3 Å². The zero-order valence-corrected chi connectivity index (χ0v) is 15.2. The maximum Gasteiger partial charge on any atom is 0.127 e. The lowest BCUT2D eigenvalue weighted by molar-refractivity contribution is 0.872. The van der Waals surface area contributed by atoms with Crippen LogP contribution in [0.3, 0.4) is 0 Å². The molecule has 4 aromatic rings. The molecule has 5 heteroatoms. The fourth-order valence-corrected chi connectivity index (χ4v) is 3.45. The third-order valence-electron chi connectivity index (χ3n) is 5.04. The van der Waals surface area contributed by atoms with Crippen LogP contribution in [-0.2, 0) is 12.6 Å². The lowest BCUT2D eigenvalue weighted by Crippen LogP contribution is -2.21. The molecule has 0 fully saturated rings. The molecule has 0 saturated heterocycles. The van der Waals surface area contributed by atoms with Crippen LogP contribution in [-0.4, -0.2) is 19.5 Å². The third kappa shape index (κ3) is 2.77. The molecule has 3 aromatic heterocycles. The minimum absolute atomic E-state index is 0.256. The lowest BCUT2D eigenvalue weighted by Gasteiger charge is -2.20. The molecular formula is C22H19N5. The molecule has 27 heavy (non-hydrogen) atoms. The molecule has 1 aliphatic rings. The van der Waals surface area contributed by atoms with Crippen LogP contribution in [0.1, 0.15) is 11.3 Å². The fourth-order valence-electron chi connectivity index (χ4n) is 3.45. The first-order valence-corrected chi connectivity index (χ1v) is 8.91. The van der Waals surface area contributed by atoms with E-state index in [1.54, 1.807) is 0 Å². The van der Waals surface area contributed by atoms with Gasteiger partial charge in [0.2, 0.25) is 0 Å². The number of imidazole rings is 1. The normalized spacial score (nSPS) is 14.4. The first-order chi connectivity index (χ1) is 13.1. The molecular weight excluding hydrogens is 334 g/mol. The number of hydrogen-bond donors (Lipinski definition) is 1. The van der Waals surface area contributed by atoms with Crippen molar-refractivity contribution < 1.29 is 0 Å². The minimum atomic E-state index is -0.256. The summed E-state index contributed by atoms with van der Waals surface area (Å²) in [6.45, 7) is 2.01. The summed E-state index contributed by atoms with van der Waals surface area (Å²) in [5.41, 5.74) is 4.17. The minimum Gasteiger partial charge on any atom is -0.354 e. The second-order valence-corrected chi connectivity index (χ2v) is 7.03. The van der Waals surface area contributed by atoms with Gasteiger partial charge in [-0.05, 0) is 42.1 Å². The van der Waals surface area contributed by atoms with Crippen molar-refractivity contribution in [3.8, 4) is 11.3 Å². The maximum absolute atomic E-state index is 4.61. The van der Waals surface area contributed by atoms with Gasteiger partial charge in [-0.2, -0.15) is 0 Å². The first-order valence-electron chi connectivity index (χ1n) is 8.91. The van der Waals surface area contributed by atoms with Crippen LogP contribution < -0.4 is 5.32 Å². The quantitative estimate of drug-likeness (QED) is 0.558. The molecule has 0 amide bonds. The fraction of sp³-hybridized carbons (Fsp3) is 0.136. The second kappa shape index (κ2) is 5.77. The predicted molar refractivity (Wildman–Crippen MR) is 107 cm³/mol. The van der Waals surface area contributed by atoms with Gasteiger partial charge in [-0.3, -0.25) is 4.98 Å². The second-order valence-electron chi connectivity index (χ2n) is 7.03. The highest BCUT2D eigenvalue weighted by atomic mass is 15.1. The number of hydrogen-bond acceptors (Lipinski definition) is 4. The number of benzene rings is 1. The number of rotatable bonds is 4. The van der Waals surface area contributed by atoms with Crippen molar-refractivity contribution in [2.45, 2.75) is 12.5 Å². The Balaban J connectivity index is 1.50. The Hall–Kier alpha value is -3.47. The van der Waals surface area contributed by atoms with Crippen LogP contribution in [0.15, 0.2) is 73.5 Å². The van der Waals surface area contributed by atoms with Crippen LogP contribution in [0.25, 0.3) is 22.0 Å². The lowest BCUT2D eigenvalue weighted by atomic mass is 10.0. The highest BCUT2D eigenvalue weighted by molar-refractivity contribution is 5.88. The van der Waals surface area contributed by atoms with Gasteiger partial charge in [0.15, 0.2) is 0 Å². The molecule has 1 N–H and O–H groups in total. The molecule has 0 atom stereocenters. The van der Waals surface area contributed by atoms with Gasteiger partial charge in [0, 0.05) is 36.1 Å². The van der Waals surface area contributed by atoms with Crippen LogP contribution in [0.4, 0.5) is 5.82 Å². The number of anilines is 1. The van der Waals surface area contributed by atoms with E-state index in [9.17, 15) is 0 Å². The number of aromatic nitrogens is 4. The zero-order chi connectivity index (χ0) is 18.4. The summed E-state index contributed by atoms with van der Waals surface area (Å²) in [6.07, 6.45) is 11.8. The van der Waals surface area contributed by atoms with Crippen molar-refractivity contribution in [2.75, 3.05) is 5.32 Å². The van der Waals surface area contributed by atoms with Crippen LogP contribution in [0, 0.1) is 6.92 Å². The smallest absolute Gasteiger partial charge is 0.127 e. The van der Waals surface area contributed by atoms with Crippen molar-refractivity contribution in [2.24, 2.45) is 7.05 Å². The van der Waals surface area contributed by atoms with Crippen LogP contribution in [0.5, 0.6) is 0 Å². The summed E-state index contributed by atoms with van der Waals surface area (Å²) in [4.78, 5) is 13.1. The molecule has 0 unspecified atom stereocenters. The van der Waals surface area contributed by atoms with Crippen molar-refractivity contribution in [3.05, 3.63) is 84.7 Å². The highest BCUT2D eigenvalue weighted by Gasteiger charge is 2.36. The summed E-state index contributed by atoms with van der Waals surface area (Å²) in [5, 5.41) is 5.82. The molecule has 5 nitrogen and oxygen atoms in total. The molecule has 0 bridgehead atoms. The Morgan fingerprint density at radius 3 is 2.59 bits per heavy atom. The SMILES string of the molecule is Cc1cc(C2(Nc3cc4cc(-c5cncn5C)ccc4cn3)C=C2)ccn1. The highest BCUT2D eigenvalue weighted by Crippen LogP contribution is 2.39. The van der Waals surface area contributed by atoms with E-state index in [2.05, 4.69) is 62.8 Å². The van der Waals surface area contributed by atoms with Gasteiger partial charge in [0.05, 0.1) is 18.2 Å². The number of pyridine rings is 2. The average molecular weight is 353 g/mol. The third-order valence-corrected chi connectivity index (χ3v) is 5.04. The molecule has 5 rings (SSSR count). The molecule has 132 valence electrons. The predicted octanol–water partition coefficient (Wildman–Crippen LogP) is 4.22. The Bertz CT molecular complexity index is 1180. The number of fused-ring (bicyclic) bond motifs is 1. The summed E-state index contributed by atoms with van der Waals surface area (Å²) in [6, 6.07) is 12.6. The van der Waals surface area contributed by atoms with Crippen LogP contribution >= 0.6 is 0 Å². The van der Waals surface area contributed by atoms with E-state index in [4.69, 9.17) is 0 Å². The molecule has 1 aromatic carbocycles. The van der Waals surface area contributed by atoms with E-state index in [-0.39, 0.29) is 5.54 Å². The van der Waals surface area contributed by atoms with Crippen LogP contribution in [0.2, 0.25) is 0 Å². The summed E-state index contributed by atoms with van der Waals surface area (Å²) in [7, 11) is 2.01. The van der Waals surface area contributed by atoms with E-state index in [0.717, 1.165) is 33.5 Å². The van der Waals surface area contributed by atoms with E-state index in [1.165, 1.54) is 5.56 Å². The monoisotopic (exact) mass is 353 g/mol. The molecule has 0 aliphatic heterocycles. The standard InChI is InChI=1S/C22H19N5/c1-15-9-19(5-8-24-15)22(6-7-22)26-21-11-18-10-16(3-4-17(18)12-25-21)20-13-23-14-27(20)2/h3-14H,1-2H3,(H,25,26). The van der Waals surface area contributed by atoms with Crippen molar-refractivity contribution in [1.29, 1.82) is 0 Å². The Morgan fingerprint density at radius 1 is 0.963 bits per heavy atom. The van der Waals surface area contributed by atoms with E-state index < -0.39 is 0 Å². The number of aryl methyl sites for hydroxylation is 2. The van der Waals surface area contributed by atoms with Crippen molar-refractivity contribution >= 4 is 16.6 Å². The van der Waals surface area contributed by atoms with Gasteiger partial charge < -0.3 is 9.88 Å². The van der Waals surface area contributed by atoms with Gasteiger partial charge >= 0.3 is 0 Å². The molecule has 0 radical (unpaired) electrons. The van der Waals surface area contributed by atoms with E-state index in [1.807, 2.05) is 49.5 Å². The Kier molecular flexibility index (Phi) is 3.37. The van der Waals surface area contributed by atoms with Crippen molar-refractivity contribution in [3.63, 3.8) is 0 Å². The zero-order valence-electron chi connectivity index (χ0n) is 15.2. The largest absolute Gasteiger partial charge is 0.354 e. The van der Waals surface area contributed by atoms with Gasteiger partial charge in [-0.15, -0.1) is 0 Å². The summed E-state index contributed by atoms with van der Waals surface area (Å²) < 4.78 is 2.02. The van der Waals surface area contributed by atoms with E-state index in [0.29, 0.717) is 0 Å². The van der Waals surface area contributed by atoms with Gasteiger partial charge in [-0.25, -0.2) is 9.97 Å². The molecule has 3 heterocycles. The topological polar surface area (TPSA) is 55.6 Å². The summed E-state index contributed by atoms with van der Waals surface area (Å²) in [5.74, 6) is 0.851. The Labute approximate surface area is 157 Å². The molecule has 0 saturated carbocycles. The number of nitrogens with one attached hydrogen (secondary N) is 1. The first kappa shape index (κ1) is 15.8. The van der Waals surface area contributed by atoms with Gasteiger partial charge in [0.25, 0.3) is 0 Å². The maximum atomic E-state index is 4.61. The van der Waals surface area contributed by atoms with Crippen molar-refractivity contribution in [1.82, 2.24) is 19.5 Å². The number of nitrogens with zero attached hydrogens (tertiary/aromatic N) is 4. The molecule has 1 aliphatic carbocycles. The Morgan fingerprint density at radius 2 is 1.85 bits per heavy atom. The van der Waals surface area contributed by atoms with Gasteiger partial charge in [0.1, 0.15) is 11.4 Å². The summed E-state index contributed by atoms with van der Waals surface area (Å²) >= 11 is 0. The van der Waals surface area contributed by atoms with E-state index >= 15 is 0 Å². The average Bonchev–Trinajstić information content (AvgIpc) is 3.33.